The zero-order valence-electron chi connectivity index (χ0n) is 13.4. The van der Waals surface area contributed by atoms with E-state index in [4.69, 9.17) is 5.11 Å². The monoisotopic (exact) mass is 311 g/mol. The molecule has 0 aromatic heterocycles. The molecule has 0 saturated carbocycles. The minimum Gasteiger partial charge on any atom is -0.396 e. The van der Waals surface area contributed by atoms with E-state index in [1.165, 1.54) is 0 Å². The zero-order valence-corrected chi connectivity index (χ0v) is 13.4. The molecule has 1 amide bonds. The molecule has 2 aromatic rings. The summed E-state index contributed by atoms with van der Waals surface area (Å²) >= 11 is 0. The summed E-state index contributed by atoms with van der Waals surface area (Å²) in [5, 5.41) is 11.8. The van der Waals surface area contributed by atoms with Crippen LogP contribution in [0.4, 0.5) is 0 Å². The molecule has 0 unspecified atom stereocenters. The van der Waals surface area contributed by atoms with Crippen LogP contribution < -0.4 is 5.32 Å². The summed E-state index contributed by atoms with van der Waals surface area (Å²) in [5.41, 5.74) is 2.02. The average molecular weight is 311 g/mol. The highest BCUT2D eigenvalue weighted by Gasteiger charge is 2.21. The van der Waals surface area contributed by atoms with Crippen LogP contribution >= 0.6 is 0 Å². The number of amides is 1. The second kappa shape index (κ2) is 9.80. The maximum absolute atomic E-state index is 12.7. The van der Waals surface area contributed by atoms with Gasteiger partial charge in [-0.3, -0.25) is 4.79 Å². The van der Waals surface area contributed by atoms with E-state index in [1.54, 1.807) is 0 Å². The standard InChI is InChI=1S/C20H25NO2/c22-16-10-2-1-9-15-21-20(23)19(17-11-5-3-6-12-17)18-13-7-4-8-14-18/h3-8,11-14,19,22H,1-2,9-10,15-16H2,(H,21,23). The van der Waals surface area contributed by atoms with Gasteiger partial charge in [0.1, 0.15) is 0 Å². The third kappa shape index (κ3) is 5.53. The lowest BCUT2D eigenvalue weighted by Crippen LogP contribution is -2.30. The lowest BCUT2D eigenvalue weighted by molar-refractivity contribution is -0.121. The van der Waals surface area contributed by atoms with Crippen LogP contribution in [0.5, 0.6) is 0 Å². The van der Waals surface area contributed by atoms with Crippen LogP contribution in [0.2, 0.25) is 0 Å². The Labute approximate surface area is 138 Å². The summed E-state index contributed by atoms with van der Waals surface area (Å²) < 4.78 is 0. The first-order valence-electron chi connectivity index (χ1n) is 8.31. The molecule has 0 aliphatic carbocycles. The van der Waals surface area contributed by atoms with E-state index >= 15 is 0 Å². The van der Waals surface area contributed by atoms with Crippen molar-refractivity contribution >= 4 is 5.91 Å². The van der Waals surface area contributed by atoms with Crippen molar-refractivity contribution in [3.63, 3.8) is 0 Å². The topological polar surface area (TPSA) is 49.3 Å². The van der Waals surface area contributed by atoms with E-state index in [0.717, 1.165) is 36.8 Å². The lowest BCUT2D eigenvalue weighted by atomic mass is 9.90. The quantitative estimate of drug-likeness (QED) is 0.697. The molecule has 0 heterocycles. The summed E-state index contributed by atoms with van der Waals surface area (Å²) in [5.74, 6) is -0.223. The Kier molecular flexibility index (Phi) is 7.34. The van der Waals surface area contributed by atoms with E-state index in [9.17, 15) is 4.79 Å². The Bertz CT molecular complexity index is 529. The van der Waals surface area contributed by atoms with E-state index in [1.807, 2.05) is 60.7 Å². The highest BCUT2D eigenvalue weighted by atomic mass is 16.2. The largest absolute Gasteiger partial charge is 0.396 e. The molecule has 23 heavy (non-hydrogen) atoms. The van der Waals surface area contributed by atoms with Crippen molar-refractivity contribution in [2.24, 2.45) is 0 Å². The molecule has 0 saturated heterocycles. The van der Waals surface area contributed by atoms with Gasteiger partial charge in [-0.05, 0) is 24.0 Å². The maximum Gasteiger partial charge on any atom is 0.232 e. The molecule has 0 aliphatic heterocycles. The molecular formula is C20H25NO2. The first-order valence-corrected chi connectivity index (χ1v) is 8.31. The third-order valence-electron chi connectivity index (χ3n) is 3.91. The molecule has 0 fully saturated rings. The van der Waals surface area contributed by atoms with Crippen LogP contribution in [0.25, 0.3) is 0 Å². The predicted molar refractivity (Wildman–Crippen MR) is 93.3 cm³/mol. The summed E-state index contributed by atoms with van der Waals surface area (Å²) in [6.07, 6.45) is 3.82. The molecule has 0 atom stereocenters. The zero-order chi connectivity index (χ0) is 16.3. The van der Waals surface area contributed by atoms with Crippen molar-refractivity contribution in [3.8, 4) is 0 Å². The van der Waals surface area contributed by atoms with Crippen LogP contribution in [0, 0.1) is 0 Å². The van der Waals surface area contributed by atoms with Crippen LogP contribution in [-0.4, -0.2) is 24.2 Å². The molecular weight excluding hydrogens is 286 g/mol. The van der Waals surface area contributed by atoms with E-state index in [0.29, 0.717) is 6.54 Å². The van der Waals surface area contributed by atoms with Crippen LogP contribution in [0.3, 0.4) is 0 Å². The molecule has 0 aliphatic rings. The number of hydrogen-bond donors (Lipinski definition) is 2. The van der Waals surface area contributed by atoms with Crippen molar-refractivity contribution in [1.29, 1.82) is 0 Å². The fourth-order valence-corrected chi connectivity index (χ4v) is 2.69. The molecule has 0 spiro atoms. The second-order valence-electron chi connectivity index (χ2n) is 5.68. The summed E-state index contributed by atoms with van der Waals surface area (Å²) in [7, 11) is 0. The fraction of sp³-hybridized carbons (Fsp3) is 0.350. The van der Waals surface area contributed by atoms with Crippen LogP contribution in [0.1, 0.15) is 42.7 Å². The first kappa shape index (κ1) is 17.2. The lowest BCUT2D eigenvalue weighted by Gasteiger charge is -2.18. The number of rotatable bonds is 9. The highest BCUT2D eigenvalue weighted by molar-refractivity contribution is 5.87. The first-order chi connectivity index (χ1) is 11.3. The number of aliphatic hydroxyl groups excluding tert-OH is 1. The van der Waals surface area contributed by atoms with Crippen molar-refractivity contribution in [2.75, 3.05) is 13.2 Å². The average Bonchev–Trinajstić information content (AvgIpc) is 2.60. The van der Waals surface area contributed by atoms with Gasteiger partial charge in [0, 0.05) is 13.2 Å². The SMILES string of the molecule is O=C(NCCCCCCO)C(c1ccccc1)c1ccccc1. The van der Waals surface area contributed by atoms with Gasteiger partial charge in [0.25, 0.3) is 0 Å². The molecule has 2 aromatic carbocycles. The molecule has 2 N–H and O–H groups in total. The third-order valence-corrected chi connectivity index (χ3v) is 3.91. The van der Waals surface area contributed by atoms with Gasteiger partial charge in [0.15, 0.2) is 0 Å². The Balaban J connectivity index is 1.99. The minimum atomic E-state index is -0.269. The molecule has 2 rings (SSSR count). The predicted octanol–water partition coefficient (Wildman–Crippen LogP) is 3.49. The number of benzene rings is 2. The molecule has 122 valence electrons. The molecule has 3 nitrogen and oxygen atoms in total. The van der Waals surface area contributed by atoms with E-state index in [2.05, 4.69) is 5.32 Å². The number of carbonyl (C=O) groups excluding carboxylic acids is 1. The summed E-state index contributed by atoms with van der Waals surface area (Å²) in [4.78, 5) is 12.7. The van der Waals surface area contributed by atoms with Crippen molar-refractivity contribution in [3.05, 3.63) is 71.8 Å². The number of carbonyl (C=O) groups is 1. The Morgan fingerprint density at radius 1 is 0.826 bits per heavy atom. The van der Waals surface area contributed by atoms with E-state index < -0.39 is 0 Å². The van der Waals surface area contributed by atoms with Gasteiger partial charge in [-0.15, -0.1) is 0 Å². The van der Waals surface area contributed by atoms with Gasteiger partial charge < -0.3 is 10.4 Å². The van der Waals surface area contributed by atoms with E-state index in [-0.39, 0.29) is 18.4 Å². The second-order valence-corrected chi connectivity index (χ2v) is 5.68. The van der Waals surface area contributed by atoms with Crippen molar-refractivity contribution < 1.29 is 9.90 Å². The normalized spacial score (nSPS) is 10.7. The molecule has 3 heteroatoms. The Morgan fingerprint density at radius 3 is 1.87 bits per heavy atom. The van der Waals surface area contributed by atoms with Crippen molar-refractivity contribution in [1.82, 2.24) is 5.32 Å². The fourth-order valence-electron chi connectivity index (χ4n) is 2.69. The molecule has 0 radical (unpaired) electrons. The van der Waals surface area contributed by atoms with Gasteiger partial charge in [0.05, 0.1) is 5.92 Å². The number of hydrogen-bond acceptors (Lipinski definition) is 2. The molecule has 0 bridgehead atoms. The number of nitrogens with one attached hydrogen (secondary N) is 1. The van der Waals surface area contributed by atoms with Crippen LogP contribution in [-0.2, 0) is 4.79 Å². The van der Waals surface area contributed by atoms with Gasteiger partial charge in [-0.25, -0.2) is 0 Å². The maximum atomic E-state index is 12.7. The smallest absolute Gasteiger partial charge is 0.232 e. The Hall–Kier alpha value is -2.13. The number of aliphatic hydroxyl groups is 1. The highest BCUT2D eigenvalue weighted by Crippen LogP contribution is 2.24. The summed E-state index contributed by atoms with van der Waals surface area (Å²) in [6.45, 7) is 0.927. The van der Waals surface area contributed by atoms with Gasteiger partial charge in [0.2, 0.25) is 5.91 Å². The van der Waals surface area contributed by atoms with Gasteiger partial charge >= 0.3 is 0 Å². The number of unbranched alkanes of at least 4 members (excludes halogenated alkanes) is 3. The van der Waals surface area contributed by atoms with Crippen molar-refractivity contribution in [2.45, 2.75) is 31.6 Å². The minimum absolute atomic E-state index is 0.0459. The van der Waals surface area contributed by atoms with Gasteiger partial charge in [-0.2, -0.15) is 0 Å². The van der Waals surface area contributed by atoms with Crippen LogP contribution in [0.15, 0.2) is 60.7 Å². The summed E-state index contributed by atoms with van der Waals surface area (Å²) in [6, 6.07) is 19.8. The van der Waals surface area contributed by atoms with Gasteiger partial charge in [-0.1, -0.05) is 73.5 Å². The Morgan fingerprint density at radius 2 is 1.35 bits per heavy atom.